The van der Waals surface area contributed by atoms with Gasteiger partial charge < -0.3 is 10.1 Å². The van der Waals surface area contributed by atoms with Crippen LogP contribution in [0.5, 0.6) is 5.75 Å². The number of nitrogens with one attached hydrogen (secondary N) is 1. The number of hydrogen-bond acceptors (Lipinski definition) is 5. The van der Waals surface area contributed by atoms with E-state index in [2.05, 4.69) is 22.2 Å². The normalized spacial score (nSPS) is 10.7. The summed E-state index contributed by atoms with van der Waals surface area (Å²) in [6.45, 7) is 2.11. The molecule has 0 radical (unpaired) electrons. The fraction of sp³-hybridized carbons (Fsp3) is 0.200. The summed E-state index contributed by atoms with van der Waals surface area (Å²) in [5.41, 5.74) is 1.85. The van der Waals surface area contributed by atoms with Crippen molar-refractivity contribution in [3.63, 3.8) is 0 Å². The Balaban J connectivity index is 1.90. The van der Waals surface area contributed by atoms with Crippen LogP contribution in [0.15, 0.2) is 48.8 Å². The molecule has 0 aliphatic rings. The molecule has 2 heterocycles. The molecule has 0 aliphatic heterocycles. The highest BCUT2D eigenvalue weighted by atomic mass is 32.2. The van der Waals surface area contributed by atoms with Crippen molar-refractivity contribution in [3.05, 3.63) is 66.0 Å². The first-order valence-corrected chi connectivity index (χ1v) is 9.55. The van der Waals surface area contributed by atoms with Gasteiger partial charge in [-0.05, 0) is 41.6 Å². The molecule has 27 heavy (non-hydrogen) atoms. The zero-order valence-corrected chi connectivity index (χ0v) is 15.8. The highest BCUT2D eigenvalue weighted by Crippen LogP contribution is 2.33. The summed E-state index contributed by atoms with van der Waals surface area (Å²) in [7, 11) is 1.42. The number of ether oxygens (including phenoxy) is 1. The van der Waals surface area contributed by atoms with Crippen LogP contribution in [0.2, 0.25) is 0 Å². The number of nitrogens with zero attached hydrogens (tertiary/aromatic N) is 2. The second-order valence-corrected chi connectivity index (χ2v) is 6.98. The Bertz CT molecular complexity index is 937. The average molecular weight is 387 g/mol. The molecule has 3 aromatic rings. The van der Waals surface area contributed by atoms with E-state index in [0.29, 0.717) is 17.2 Å². The van der Waals surface area contributed by atoms with Crippen LogP contribution in [-0.2, 0) is 5.75 Å². The Morgan fingerprint density at radius 3 is 2.63 bits per heavy atom. The van der Waals surface area contributed by atoms with Crippen LogP contribution in [0, 0.1) is 11.6 Å². The fourth-order valence-electron chi connectivity index (χ4n) is 2.58. The Hall–Kier alpha value is -2.67. The van der Waals surface area contributed by atoms with E-state index in [9.17, 15) is 8.78 Å². The van der Waals surface area contributed by atoms with E-state index in [1.165, 1.54) is 25.3 Å². The van der Waals surface area contributed by atoms with Crippen LogP contribution in [0.1, 0.15) is 12.5 Å². The maximum absolute atomic E-state index is 14.4. The summed E-state index contributed by atoms with van der Waals surface area (Å²) in [4.78, 5) is 8.36. The topological polar surface area (TPSA) is 47.0 Å². The molecule has 0 spiro atoms. The predicted molar refractivity (Wildman–Crippen MR) is 105 cm³/mol. The lowest BCUT2D eigenvalue weighted by Crippen LogP contribution is -1.99. The molecule has 0 saturated heterocycles. The SMILES string of the molecule is CCSCc1ccnc(Nc2cc(-c3ccc(F)cc3OC)c(F)cn2)c1. The average Bonchev–Trinajstić information content (AvgIpc) is 2.68. The third kappa shape index (κ3) is 4.74. The molecule has 4 nitrogen and oxygen atoms in total. The molecule has 0 fully saturated rings. The second kappa shape index (κ2) is 8.81. The van der Waals surface area contributed by atoms with Gasteiger partial charge in [-0.3, -0.25) is 0 Å². The first-order valence-electron chi connectivity index (χ1n) is 8.40. The van der Waals surface area contributed by atoms with Crippen molar-refractivity contribution in [1.29, 1.82) is 0 Å². The Morgan fingerprint density at radius 2 is 1.85 bits per heavy atom. The van der Waals surface area contributed by atoms with E-state index >= 15 is 0 Å². The van der Waals surface area contributed by atoms with Gasteiger partial charge >= 0.3 is 0 Å². The molecule has 0 aliphatic carbocycles. The summed E-state index contributed by atoms with van der Waals surface area (Å²) in [5.74, 6) is 2.27. The van der Waals surface area contributed by atoms with E-state index in [4.69, 9.17) is 4.74 Å². The quantitative estimate of drug-likeness (QED) is 0.586. The third-order valence-electron chi connectivity index (χ3n) is 3.86. The minimum Gasteiger partial charge on any atom is -0.496 e. The predicted octanol–water partition coefficient (Wildman–Crippen LogP) is 5.43. The molecule has 2 aromatic heterocycles. The summed E-state index contributed by atoms with van der Waals surface area (Å²) in [6, 6.07) is 9.42. The van der Waals surface area contributed by atoms with Crippen LogP contribution in [0.25, 0.3) is 11.1 Å². The van der Waals surface area contributed by atoms with E-state index in [-0.39, 0.29) is 11.3 Å². The Morgan fingerprint density at radius 1 is 1.04 bits per heavy atom. The fourth-order valence-corrected chi connectivity index (χ4v) is 3.20. The monoisotopic (exact) mass is 387 g/mol. The van der Waals surface area contributed by atoms with Crippen molar-refractivity contribution < 1.29 is 13.5 Å². The molecule has 3 rings (SSSR count). The van der Waals surface area contributed by atoms with E-state index in [0.717, 1.165) is 23.3 Å². The number of aromatic nitrogens is 2. The smallest absolute Gasteiger partial charge is 0.149 e. The Labute approximate surface area is 161 Å². The summed E-state index contributed by atoms with van der Waals surface area (Å²) in [6.07, 6.45) is 2.85. The van der Waals surface area contributed by atoms with Crippen molar-refractivity contribution >= 4 is 23.4 Å². The van der Waals surface area contributed by atoms with Crippen molar-refractivity contribution in [1.82, 2.24) is 9.97 Å². The van der Waals surface area contributed by atoms with Gasteiger partial charge in [0, 0.05) is 29.1 Å². The number of benzene rings is 1. The summed E-state index contributed by atoms with van der Waals surface area (Å²) < 4.78 is 33.0. The molecule has 0 atom stereocenters. The molecule has 0 bridgehead atoms. The minimum absolute atomic E-state index is 0.253. The summed E-state index contributed by atoms with van der Waals surface area (Å²) in [5, 5.41) is 3.09. The van der Waals surface area contributed by atoms with Gasteiger partial charge in [0.05, 0.1) is 13.3 Å². The molecular formula is C20H19F2N3OS. The van der Waals surface area contributed by atoms with Gasteiger partial charge in [-0.25, -0.2) is 18.7 Å². The molecule has 140 valence electrons. The molecule has 7 heteroatoms. The zero-order valence-electron chi connectivity index (χ0n) is 15.0. The van der Waals surface area contributed by atoms with Crippen molar-refractivity contribution in [2.45, 2.75) is 12.7 Å². The first kappa shape index (κ1) is 19.1. The van der Waals surface area contributed by atoms with Gasteiger partial charge in [0.25, 0.3) is 0 Å². The van der Waals surface area contributed by atoms with Crippen molar-refractivity contribution in [2.24, 2.45) is 0 Å². The standard InChI is InChI=1S/C20H19F2N3OS/c1-3-27-12-13-6-7-23-19(8-13)25-20-10-16(17(22)11-24-20)15-5-4-14(21)9-18(15)26-2/h4-11H,3,12H2,1-2H3,(H,23,24,25). The number of halogens is 2. The van der Waals surface area contributed by atoms with E-state index < -0.39 is 11.6 Å². The molecule has 0 saturated carbocycles. The first-order chi connectivity index (χ1) is 13.1. The molecule has 0 unspecified atom stereocenters. The number of hydrogen-bond donors (Lipinski definition) is 1. The van der Waals surface area contributed by atoms with Gasteiger partial charge in [0.2, 0.25) is 0 Å². The molecule has 1 N–H and O–H groups in total. The third-order valence-corrected chi connectivity index (χ3v) is 4.81. The number of anilines is 2. The largest absolute Gasteiger partial charge is 0.496 e. The number of thioether (sulfide) groups is 1. The van der Waals surface area contributed by atoms with Crippen LogP contribution in [0.3, 0.4) is 0 Å². The lowest BCUT2D eigenvalue weighted by Gasteiger charge is -2.12. The van der Waals surface area contributed by atoms with Crippen molar-refractivity contribution in [3.8, 4) is 16.9 Å². The number of methoxy groups -OCH3 is 1. The van der Waals surface area contributed by atoms with Gasteiger partial charge in [-0.1, -0.05) is 6.92 Å². The van der Waals surface area contributed by atoms with E-state index in [1.54, 1.807) is 12.3 Å². The highest BCUT2D eigenvalue weighted by Gasteiger charge is 2.13. The second-order valence-electron chi connectivity index (χ2n) is 5.71. The van der Waals surface area contributed by atoms with Crippen molar-refractivity contribution in [2.75, 3.05) is 18.2 Å². The molecule has 1 aromatic carbocycles. The maximum atomic E-state index is 14.4. The van der Waals surface area contributed by atoms with Gasteiger partial charge in [-0.15, -0.1) is 0 Å². The minimum atomic E-state index is -0.522. The van der Waals surface area contributed by atoms with Crippen LogP contribution in [0.4, 0.5) is 20.4 Å². The van der Waals surface area contributed by atoms with Gasteiger partial charge in [-0.2, -0.15) is 11.8 Å². The molecule has 0 amide bonds. The number of pyridine rings is 2. The van der Waals surface area contributed by atoms with Crippen LogP contribution >= 0.6 is 11.8 Å². The maximum Gasteiger partial charge on any atom is 0.149 e. The van der Waals surface area contributed by atoms with Gasteiger partial charge in [0.1, 0.15) is 29.0 Å². The van der Waals surface area contributed by atoms with Crippen LogP contribution < -0.4 is 10.1 Å². The molecular weight excluding hydrogens is 368 g/mol. The van der Waals surface area contributed by atoms with Crippen LogP contribution in [-0.4, -0.2) is 22.8 Å². The van der Waals surface area contributed by atoms with Gasteiger partial charge in [0.15, 0.2) is 0 Å². The lowest BCUT2D eigenvalue weighted by atomic mass is 10.0. The summed E-state index contributed by atoms with van der Waals surface area (Å²) >= 11 is 1.82. The Kier molecular flexibility index (Phi) is 6.24. The lowest BCUT2D eigenvalue weighted by molar-refractivity contribution is 0.412. The highest BCUT2D eigenvalue weighted by molar-refractivity contribution is 7.98. The van der Waals surface area contributed by atoms with E-state index in [1.807, 2.05) is 23.9 Å². The zero-order chi connectivity index (χ0) is 19.2. The number of rotatable bonds is 7.